The van der Waals surface area contributed by atoms with Crippen LogP contribution in [-0.4, -0.2) is 50.9 Å². The number of halogens is 1. The molecular weight excluding hydrogens is 533 g/mol. The zero-order valence-corrected chi connectivity index (χ0v) is 24.2. The van der Waals surface area contributed by atoms with Crippen LogP contribution in [-0.2, 0) is 26.2 Å². The Morgan fingerprint density at radius 1 is 0.950 bits per heavy atom. The molecule has 0 bridgehead atoms. The predicted octanol–water partition coefficient (Wildman–Crippen LogP) is 4.67. The SMILES string of the molecule is CC[C@H](C)NC(=O)[C@@H](C)N(Cc1ccc(F)cc1)C(=O)CN(c1ccc(OC)cc1)S(=O)(=O)c1ccc(C)cc1. The van der Waals surface area contributed by atoms with Crippen molar-refractivity contribution in [3.05, 3.63) is 89.7 Å². The number of carbonyl (C=O) groups is 2. The van der Waals surface area contributed by atoms with Crippen LogP contribution in [0.3, 0.4) is 0 Å². The number of nitrogens with zero attached hydrogens (tertiary/aromatic N) is 2. The van der Waals surface area contributed by atoms with E-state index in [9.17, 15) is 22.4 Å². The van der Waals surface area contributed by atoms with Gasteiger partial charge in [0.05, 0.1) is 17.7 Å². The van der Waals surface area contributed by atoms with Gasteiger partial charge in [0.1, 0.15) is 24.2 Å². The van der Waals surface area contributed by atoms with Gasteiger partial charge in [-0.3, -0.25) is 13.9 Å². The molecule has 10 heteroatoms. The van der Waals surface area contributed by atoms with Crippen LogP contribution in [0, 0.1) is 12.7 Å². The van der Waals surface area contributed by atoms with Crippen molar-refractivity contribution in [1.29, 1.82) is 0 Å². The van der Waals surface area contributed by atoms with Gasteiger partial charge >= 0.3 is 0 Å². The molecule has 3 aromatic carbocycles. The van der Waals surface area contributed by atoms with Gasteiger partial charge in [-0.05, 0) is 81.3 Å². The molecule has 0 radical (unpaired) electrons. The fourth-order valence-electron chi connectivity index (χ4n) is 3.95. The summed E-state index contributed by atoms with van der Waals surface area (Å²) in [6.45, 7) is 6.64. The van der Waals surface area contributed by atoms with Gasteiger partial charge in [0.15, 0.2) is 0 Å². The van der Waals surface area contributed by atoms with Gasteiger partial charge in [0.2, 0.25) is 11.8 Å². The quantitative estimate of drug-likeness (QED) is 0.342. The summed E-state index contributed by atoms with van der Waals surface area (Å²) in [6, 6.07) is 17.2. The lowest BCUT2D eigenvalue weighted by Crippen LogP contribution is -2.52. The molecule has 3 rings (SSSR count). The minimum atomic E-state index is -4.17. The van der Waals surface area contributed by atoms with Crippen molar-refractivity contribution in [3.63, 3.8) is 0 Å². The summed E-state index contributed by atoms with van der Waals surface area (Å²) in [7, 11) is -2.67. The van der Waals surface area contributed by atoms with E-state index in [-0.39, 0.29) is 29.1 Å². The topological polar surface area (TPSA) is 96.0 Å². The number of benzene rings is 3. The van der Waals surface area contributed by atoms with Crippen LogP contribution in [0.4, 0.5) is 10.1 Å². The summed E-state index contributed by atoms with van der Waals surface area (Å²) in [5.41, 5.74) is 1.74. The Morgan fingerprint density at radius 3 is 2.10 bits per heavy atom. The van der Waals surface area contributed by atoms with Gasteiger partial charge in [0.25, 0.3) is 10.0 Å². The van der Waals surface area contributed by atoms with Crippen LogP contribution in [0.15, 0.2) is 77.7 Å². The third-order valence-electron chi connectivity index (χ3n) is 6.68. The Morgan fingerprint density at radius 2 is 1.55 bits per heavy atom. The fraction of sp³-hybridized carbons (Fsp3) is 0.333. The summed E-state index contributed by atoms with van der Waals surface area (Å²) in [5, 5.41) is 2.88. The lowest BCUT2D eigenvalue weighted by molar-refractivity contribution is -0.139. The zero-order valence-electron chi connectivity index (χ0n) is 23.4. The van der Waals surface area contributed by atoms with E-state index in [2.05, 4.69) is 5.32 Å². The van der Waals surface area contributed by atoms with E-state index in [1.54, 1.807) is 43.3 Å². The minimum absolute atomic E-state index is 0.0186. The van der Waals surface area contributed by atoms with E-state index in [0.717, 1.165) is 9.87 Å². The van der Waals surface area contributed by atoms with Gasteiger partial charge in [-0.25, -0.2) is 12.8 Å². The third kappa shape index (κ3) is 7.59. The highest BCUT2D eigenvalue weighted by molar-refractivity contribution is 7.92. The highest BCUT2D eigenvalue weighted by Crippen LogP contribution is 2.27. The number of nitrogens with one attached hydrogen (secondary N) is 1. The smallest absolute Gasteiger partial charge is 0.264 e. The second-order valence-electron chi connectivity index (χ2n) is 9.66. The Labute approximate surface area is 235 Å². The van der Waals surface area contributed by atoms with Crippen molar-refractivity contribution in [2.75, 3.05) is 18.0 Å². The lowest BCUT2D eigenvalue weighted by Gasteiger charge is -2.32. The molecule has 0 saturated carbocycles. The molecule has 0 aromatic heterocycles. The molecule has 0 heterocycles. The first-order valence-electron chi connectivity index (χ1n) is 13.0. The van der Waals surface area contributed by atoms with Gasteiger partial charge in [-0.15, -0.1) is 0 Å². The van der Waals surface area contributed by atoms with Crippen molar-refractivity contribution in [1.82, 2.24) is 10.2 Å². The number of amides is 2. The van der Waals surface area contributed by atoms with Crippen LogP contribution in [0.1, 0.15) is 38.3 Å². The zero-order chi connectivity index (χ0) is 29.4. The summed E-state index contributed by atoms with van der Waals surface area (Å²) in [5.74, 6) is -0.875. The summed E-state index contributed by atoms with van der Waals surface area (Å²) < 4.78 is 47.5. The molecule has 0 saturated heterocycles. The minimum Gasteiger partial charge on any atom is -0.497 e. The third-order valence-corrected chi connectivity index (χ3v) is 8.47. The number of aryl methyl sites for hydroxylation is 1. The molecule has 3 aromatic rings. The molecule has 0 aliphatic carbocycles. The maximum Gasteiger partial charge on any atom is 0.264 e. The van der Waals surface area contributed by atoms with Crippen LogP contribution >= 0.6 is 0 Å². The molecule has 0 unspecified atom stereocenters. The van der Waals surface area contributed by atoms with Gasteiger partial charge in [-0.1, -0.05) is 36.8 Å². The Balaban J connectivity index is 2.02. The van der Waals surface area contributed by atoms with Gasteiger partial charge in [0, 0.05) is 12.6 Å². The monoisotopic (exact) mass is 569 g/mol. The molecule has 40 heavy (non-hydrogen) atoms. The van der Waals surface area contributed by atoms with Crippen molar-refractivity contribution in [3.8, 4) is 5.75 Å². The van der Waals surface area contributed by atoms with E-state index in [1.807, 2.05) is 20.8 Å². The van der Waals surface area contributed by atoms with Gasteiger partial charge < -0.3 is 15.0 Å². The normalized spacial score (nSPS) is 12.8. The fourth-order valence-corrected chi connectivity index (χ4v) is 5.36. The molecule has 1 N–H and O–H groups in total. The molecule has 0 aliphatic heterocycles. The highest BCUT2D eigenvalue weighted by Gasteiger charge is 2.32. The Bertz CT molecular complexity index is 1390. The number of hydrogen-bond donors (Lipinski definition) is 1. The van der Waals surface area contributed by atoms with Crippen molar-refractivity contribution >= 4 is 27.5 Å². The van der Waals surface area contributed by atoms with Crippen LogP contribution in [0.2, 0.25) is 0 Å². The average molecular weight is 570 g/mol. The molecule has 0 aliphatic rings. The number of sulfonamides is 1. The summed E-state index contributed by atoms with van der Waals surface area (Å²) in [6.07, 6.45) is 0.699. The molecule has 2 amide bonds. The number of methoxy groups -OCH3 is 1. The first kappa shape index (κ1) is 30.6. The van der Waals surface area contributed by atoms with Crippen LogP contribution in [0.5, 0.6) is 5.75 Å². The standard InChI is InChI=1S/C30H36FN3O5S/c1-6-22(3)32-30(36)23(4)33(19-24-9-11-25(31)12-10-24)29(35)20-34(26-13-15-27(39-5)16-14-26)40(37,38)28-17-7-21(2)8-18-28/h7-18,22-23H,6,19-20H2,1-5H3,(H,32,36)/t22-,23+/m0/s1. The van der Waals surface area contributed by atoms with Crippen molar-refractivity contribution in [2.24, 2.45) is 0 Å². The first-order chi connectivity index (χ1) is 19.0. The Hall–Kier alpha value is -3.92. The predicted molar refractivity (Wildman–Crippen MR) is 153 cm³/mol. The average Bonchev–Trinajstić information content (AvgIpc) is 2.95. The van der Waals surface area contributed by atoms with E-state index >= 15 is 0 Å². The van der Waals surface area contributed by atoms with Crippen molar-refractivity contribution in [2.45, 2.75) is 57.6 Å². The highest BCUT2D eigenvalue weighted by atomic mass is 32.2. The van der Waals surface area contributed by atoms with E-state index in [1.165, 1.54) is 48.4 Å². The Kier molecular flexibility index (Phi) is 10.3. The second kappa shape index (κ2) is 13.4. The van der Waals surface area contributed by atoms with Crippen LogP contribution in [0.25, 0.3) is 0 Å². The largest absolute Gasteiger partial charge is 0.497 e. The molecular formula is C30H36FN3O5S. The van der Waals surface area contributed by atoms with Crippen molar-refractivity contribution < 1.29 is 27.1 Å². The number of anilines is 1. The second-order valence-corrected chi connectivity index (χ2v) is 11.5. The van der Waals surface area contributed by atoms with E-state index < -0.39 is 34.3 Å². The number of rotatable bonds is 12. The van der Waals surface area contributed by atoms with E-state index in [0.29, 0.717) is 17.7 Å². The van der Waals surface area contributed by atoms with Gasteiger partial charge in [-0.2, -0.15) is 0 Å². The van der Waals surface area contributed by atoms with Crippen LogP contribution < -0.4 is 14.4 Å². The molecule has 0 fully saturated rings. The molecule has 2 atom stereocenters. The lowest BCUT2D eigenvalue weighted by atomic mass is 10.1. The number of ether oxygens (including phenoxy) is 1. The molecule has 8 nitrogen and oxygen atoms in total. The first-order valence-corrected chi connectivity index (χ1v) is 14.5. The summed E-state index contributed by atoms with van der Waals surface area (Å²) >= 11 is 0. The maximum absolute atomic E-state index is 13.9. The number of hydrogen-bond acceptors (Lipinski definition) is 5. The van der Waals surface area contributed by atoms with E-state index in [4.69, 9.17) is 4.74 Å². The molecule has 214 valence electrons. The number of carbonyl (C=O) groups excluding carboxylic acids is 2. The maximum atomic E-state index is 13.9. The summed E-state index contributed by atoms with van der Waals surface area (Å²) in [4.78, 5) is 28.3. The molecule has 0 spiro atoms.